The molecule has 2 unspecified atom stereocenters. The topological polar surface area (TPSA) is 75.9 Å². The molecule has 2 atom stereocenters. The molecule has 2 aliphatic heterocycles. The van der Waals surface area contributed by atoms with Crippen molar-refractivity contribution in [1.29, 1.82) is 0 Å². The van der Waals surface area contributed by atoms with Crippen LogP contribution in [0, 0.1) is 11.8 Å². The van der Waals surface area contributed by atoms with E-state index in [1.54, 1.807) is 23.1 Å². The highest BCUT2D eigenvalue weighted by atomic mass is 35.5. The Bertz CT molecular complexity index is 704. The van der Waals surface area contributed by atoms with Crippen molar-refractivity contribution in [2.24, 2.45) is 17.6 Å². The molecule has 0 saturated carbocycles. The zero-order chi connectivity index (χ0) is 19.6. The first kappa shape index (κ1) is 20.0. The van der Waals surface area contributed by atoms with Gasteiger partial charge in [-0.3, -0.25) is 9.59 Å². The molecule has 0 spiro atoms. The van der Waals surface area contributed by atoms with E-state index in [4.69, 9.17) is 22.1 Å². The van der Waals surface area contributed by atoms with E-state index in [1.165, 1.54) is 7.11 Å². The summed E-state index contributed by atoms with van der Waals surface area (Å²) < 4.78 is 5.29. The van der Waals surface area contributed by atoms with E-state index < -0.39 is 0 Å². The lowest BCUT2D eigenvalue weighted by molar-refractivity contribution is -0.137. The highest BCUT2D eigenvalue weighted by Crippen LogP contribution is 2.29. The highest BCUT2D eigenvalue weighted by Gasteiger charge is 2.37. The lowest BCUT2D eigenvalue weighted by Gasteiger charge is -2.34. The molecule has 0 bridgehead atoms. The van der Waals surface area contributed by atoms with Gasteiger partial charge in [0, 0.05) is 36.6 Å². The van der Waals surface area contributed by atoms with Gasteiger partial charge in [-0.15, -0.1) is 0 Å². The third-order valence-corrected chi connectivity index (χ3v) is 6.04. The first-order valence-corrected chi connectivity index (χ1v) is 9.95. The number of rotatable bonds is 4. The molecule has 7 heteroatoms. The lowest BCUT2D eigenvalue weighted by atomic mass is 9.94. The van der Waals surface area contributed by atoms with Gasteiger partial charge in [0.05, 0.1) is 12.7 Å². The summed E-state index contributed by atoms with van der Waals surface area (Å²) in [5.74, 6) is 1.01. The van der Waals surface area contributed by atoms with E-state index in [1.807, 2.05) is 4.90 Å². The third kappa shape index (κ3) is 4.22. The Kier molecular flexibility index (Phi) is 6.27. The number of methoxy groups -OCH3 is 1. The molecular formula is C20H28ClN3O3. The zero-order valence-electron chi connectivity index (χ0n) is 16.0. The number of hydrogen-bond donors (Lipinski definition) is 1. The third-order valence-electron chi connectivity index (χ3n) is 5.80. The number of amides is 2. The quantitative estimate of drug-likeness (QED) is 0.852. The van der Waals surface area contributed by atoms with E-state index in [9.17, 15) is 9.59 Å². The van der Waals surface area contributed by atoms with Crippen LogP contribution in [0.15, 0.2) is 18.2 Å². The van der Waals surface area contributed by atoms with Gasteiger partial charge in [-0.05, 0) is 56.8 Å². The van der Waals surface area contributed by atoms with Crippen LogP contribution in [0.2, 0.25) is 5.02 Å². The average Bonchev–Trinajstić information content (AvgIpc) is 3.07. The van der Waals surface area contributed by atoms with E-state index in [0.717, 1.165) is 13.0 Å². The minimum absolute atomic E-state index is 0.0192. The van der Waals surface area contributed by atoms with E-state index >= 15 is 0 Å². The monoisotopic (exact) mass is 393 g/mol. The van der Waals surface area contributed by atoms with Crippen LogP contribution in [-0.4, -0.2) is 60.9 Å². The zero-order valence-corrected chi connectivity index (χ0v) is 16.7. The molecule has 2 amide bonds. The summed E-state index contributed by atoms with van der Waals surface area (Å²) in [5.41, 5.74) is 6.24. The van der Waals surface area contributed by atoms with Crippen LogP contribution in [0.1, 0.15) is 36.5 Å². The highest BCUT2D eigenvalue weighted by molar-refractivity contribution is 6.31. The number of nitrogens with zero attached hydrogens (tertiary/aromatic N) is 2. The van der Waals surface area contributed by atoms with Crippen molar-refractivity contribution in [2.75, 3.05) is 33.3 Å². The van der Waals surface area contributed by atoms with Crippen molar-refractivity contribution >= 4 is 23.4 Å². The fraction of sp³-hybridized carbons (Fsp3) is 0.600. The number of benzene rings is 1. The standard InChI is InChI=1S/C20H28ClN3O3/c1-13-9-14(11-22)12-24(13)19(25)15-5-7-23(8-6-15)20(26)17-10-16(21)3-4-18(17)27-2/h3-4,10,13-15H,5-9,11-12,22H2,1-2H3. The predicted molar refractivity (Wildman–Crippen MR) is 105 cm³/mol. The number of halogens is 1. The Morgan fingerprint density at radius 1 is 1.30 bits per heavy atom. The molecular weight excluding hydrogens is 366 g/mol. The first-order valence-electron chi connectivity index (χ1n) is 9.58. The summed E-state index contributed by atoms with van der Waals surface area (Å²) in [6.07, 6.45) is 2.35. The first-order chi connectivity index (χ1) is 12.9. The number of likely N-dealkylation sites (tertiary alicyclic amines) is 2. The molecule has 0 radical (unpaired) electrons. The Labute approximate surface area is 165 Å². The molecule has 2 fully saturated rings. The molecule has 0 aromatic heterocycles. The van der Waals surface area contributed by atoms with Gasteiger partial charge in [0.15, 0.2) is 0 Å². The van der Waals surface area contributed by atoms with Crippen molar-refractivity contribution in [3.05, 3.63) is 28.8 Å². The molecule has 3 rings (SSSR count). The molecule has 27 heavy (non-hydrogen) atoms. The van der Waals surface area contributed by atoms with Crippen molar-refractivity contribution in [3.63, 3.8) is 0 Å². The fourth-order valence-electron chi connectivity index (χ4n) is 4.20. The van der Waals surface area contributed by atoms with Gasteiger partial charge in [0.1, 0.15) is 5.75 Å². The number of carbonyl (C=O) groups is 2. The second-order valence-corrected chi connectivity index (χ2v) is 8.02. The van der Waals surface area contributed by atoms with Gasteiger partial charge in [0.25, 0.3) is 5.91 Å². The average molecular weight is 394 g/mol. The summed E-state index contributed by atoms with van der Waals surface area (Å²) in [5, 5.41) is 0.502. The number of ether oxygens (including phenoxy) is 1. The summed E-state index contributed by atoms with van der Waals surface area (Å²) in [6.45, 7) is 4.61. The normalized spacial score (nSPS) is 23.6. The van der Waals surface area contributed by atoms with E-state index in [2.05, 4.69) is 6.92 Å². The van der Waals surface area contributed by atoms with Crippen LogP contribution >= 0.6 is 11.6 Å². The largest absolute Gasteiger partial charge is 0.496 e. The van der Waals surface area contributed by atoms with Gasteiger partial charge >= 0.3 is 0 Å². The molecule has 1 aromatic rings. The Morgan fingerprint density at radius 2 is 2.00 bits per heavy atom. The number of nitrogens with two attached hydrogens (primary N) is 1. The summed E-state index contributed by atoms with van der Waals surface area (Å²) in [6, 6.07) is 5.29. The molecule has 2 saturated heterocycles. The summed E-state index contributed by atoms with van der Waals surface area (Å²) in [7, 11) is 1.54. The van der Waals surface area contributed by atoms with Crippen LogP contribution in [0.5, 0.6) is 5.75 Å². The maximum absolute atomic E-state index is 12.9. The molecule has 1 aromatic carbocycles. The van der Waals surface area contributed by atoms with Crippen LogP contribution < -0.4 is 10.5 Å². The maximum atomic E-state index is 12.9. The Balaban J connectivity index is 1.61. The molecule has 148 valence electrons. The SMILES string of the molecule is COc1ccc(Cl)cc1C(=O)N1CCC(C(=O)N2CC(CN)CC2C)CC1. The molecule has 0 aliphatic carbocycles. The van der Waals surface area contributed by atoms with Crippen molar-refractivity contribution in [2.45, 2.75) is 32.2 Å². The molecule has 2 N–H and O–H groups in total. The number of hydrogen-bond acceptors (Lipinski definition) is 4. The van der Waals surface area contributed by atoms with Crippen LogP contribution in [0.25, 0.3) is 0 Å². The number of piperidine rings is 1. The summed E-state index contributed by atoms with van der Waals surface area (Å²) >= 11 is 6.05. The van der Waals surface area contributed by atoms with Gasteiger partial charge in [0.2, 0.25) is 5.91 Å². The lowest BCUT2D eigenvalue weighted by Crippen LogP contribution is -2.45. The Hall–Kier alpha value is -1.79. The minimum atomic E-state index is -0.0991. The second-order valence-electron chi connectivity index (χ2n) is 7.59. The molecule has 2 heterocycles. The van der Waals surface area contributed by atoms with Gasteiger partial charge in [-0.2, -0.15) is 0 Å². The van der Waals surface area contributed by atoms with Crippen LogP contribution in [0.4, 0.5) is 0 Å². The van der Waals surface area contributed by atoms with Crippen LogP contribution in [-0.2, 0) is 4.79 Å². The van der Waals surface area contributed by atoms with Crippen molar-refractivity contribution in [1.82, 2.24) is 9.80 Å². The van der Waals surface area contributed by atoms with Gasteiger partial charge < -0.3 is 20.3 Å². The fourth-order valence-corrected chi connectivity index (χ4v) is 4.37. The molecule has 6 nitrogen and oxygen atoms in total. The predicted octanol–water partition coefficient (Wildman–Crippen LogP) is 2.40. The van der Waals surface area contributed by atoms with Crippen LogP contribution in [0.3, 0.4) is 0 Å². The van der Waals surface area contributed by atoms with E-state index in [0.29, 0.717) is 54.7 Å². The minimum Gasteiger partial charge on any atom is -0.496 e. The summed E-state index contributed by atoms with van der Waals surface area (Å²) in [4.78, 5) is 29.6. The smallest absolute Gasteiger partial charge is 0.257 e. The van der Waals surface area contributed by atoms with Crippen molar-refractivity contribution in [3.8, 4) is 5.75 Å². The maximum Gasteiger partial charge on any atom is 0.257 e. The van der Waals surface area contributed by atoms with E-state index in [-0.39, 0.29) is 23.8 Å². The number of carbonyl (C=O) groups excluding carboxylic acids is 2. The Morgan fingerprint density at radius 3 is 2.59 bits per heavy atom. The van der Waals surface area contributed by atoms with Gasteiger partial charge in [-0.1, -0.05) is 11.6 Å². The van der Waals surface area contributed by atoms with Gasteiger partial charge in [-0.25, -0.2) is 0 Å². The second kappa shape index (κ2) is 8.48. The van der Waals surface area contributed by atoms with Crippen molar-refractivity contribution < 1.29 is 14.3 Å². The molecule has 2 aliphatic rings.